The van der Waals surface area contributed by atoms with Gasteiger partial charge in [-0.25, -0.2) is 8.78 Å². The number of rotatable bonds is 5. The Morgan fingerprint density at radius 2 is 2.00 bits per heavy atom. The molecule has 1 radical (unpaired) electrons. The molecule has 0 amide bonds. The highest BCUT2D eigenvalue weighted by Gasteiger charge is 2.20. The van der Waals surface area contributed by atoms with Crippen molar-refractivity contribution in [2.45, 2.75) is 43.8 Å². The lowest BCUT2D eigenvalue weighted by Gasteiger charge is -2.25. The summed E-state index contributed by atoms with van der Waals surface area (Å²) in [5.74, 6) is 4.72. The van der Waals surface area contributed by atoms with E-state index in [1.54, 1.807) is 0 Å². The van der Waals surface area contributed by atoms with Crippen LogP contribution in [-0.2, 0) is 0 Å². The van der Waals surface area contributed by atoms with Gasteiger partial charge in [0.1, 0.15) is 0 Å². The van der Waals surface area contributed by atoms with Crippen LogP contribution in [0.1, 0.15) is 31.2 Å². The molecule has 0 aromatic heterocycles. The van der Waals surface area contributed by atoms with E-state index in [1.807, 2.05) is 12.2 Å². The van der Waals surface area contributed by atoms with Gasteiger partial charge in [-0.15, -0.1) is 6.58 Å². The highest BCUT2D eigenvalue weighted by atomic mass is 28.3. The van der Waals surface area contributed by atoms with Gasteiger partial charge in [-0.05, 0) is 49.5 Å². The van der Waals surface area contributed by atoms with E-state index in [1.165, 1.54) is 43.5 Å². The van der Waals surface area contributed by atoms with Crippen LogP contribution in [0, 0.1) is 29.4 Å². The van der Waals surface area contributed by atoms with Crippen molar-refractivity contribution in [1.29, 1.82) is 0 Å². The van der Waals surface area contributed by atoms with Gasteiger partial charge in [0.15, 0.2) is 11.6 Å². The molecular formula is C20H23F2Si. The summed E-state index contributed by atoms with van der Waals surface area (Å²) in [4.78, 5) is 0. The molecule has 1 aromatic carbocycles. The van der Waals surface area contributed by atoms with E-state index in [-0.39, 0.29) is 8.80 Å². The van der Waals surface area contributed by atoms with Crippen molar-refractivity contribution in [3.63, 3.8) is 0 Å². The minimum atomic E-state index is -0.848. The molecule has 1 aliphatic rings. The predicted molar refractivity (Wildman–Crippen MR) is 94.7 cm³/mol. The third-order valence-electron chi connectivity index (χ3n) is 4.26. The van der Waals surface area contributed by atoms with E-state index in [9.17, 15) is 8.78 Å². The maximum Gasteiger partial charge on any atom is 0.160 e. The zero-order valence-corrected chi connectivity index (χ0v) is 14.5. The molecule has 0 nitrogen and oxygen atoms in total. The highest BCUT2D eigenvalue weighted by molar-refractivity contribution is 6.58. The van der Waals surface area contributed by atoms with E-state index in [0.717, 1.165) is 18.6 Å². The molecule has 2 rings (SSSR count). The molecule has 121 valence electrons. The lowest BCUT2D eigenvalue weighted by molar-refractivity contribution is 0.508. The largest absolute Gasteiger partial charge is 0.204 e. The van der Waals surface area contributed by atoms with E-state index >= 15 is 0 Å². The van der Waals surface area contributed by atoms with Crippen LogP contribution in [0.3, 0.4) is 0 Å². The average molecular weight is 329 g/mol. The number of hydrogen-bond donors (Lipinski definition) is 0. The van der Waals surface area contributed by atoms with Crippen molar-refractivity contribution >= 4 is 8.80 Å². The van der Waals surface area contributed by atoms with Gasteiger partial charge in [-0.2, -0.15) is 0 Å². The van der Waals surface area contributed by atoms with Gasteiger partial charge in [-0.3, -0.25) is 0 Å². The summed E-state index contributed by atoms with van der Waals surface area (Å²) in [7, 11) is -0.129. The van der Waals surface area contributed by atoms with E-state index in [0.29, 0.717) is 11.5 Å². The first kappa shape index (κ1) is 17.7. The summed E-state index contributed by atoms with van der Waals surface area (Å²) >= 11 is 0. The number of hydrogen-bond acceptors (Lipinski definition) is 0. The van der Waals surface area contributed by atoms with Crippen molar-refractivity contribution < 1.29 is 8.78 Å². The highest BCUT2D eigenvalue weighted by Crippen LogP contribution is 2.28. The third kappa shape index (κ3) is 6.15. The molecule has 1 aliphatic heterocycles. The van der Waals surface area contributed by atoms with Crippen LogP contribution in [0.25, 0.3) is 0 Å². The molecule has 3 heteroatoms. The number of benzene rings is 1. The van der Waals surface area contributed by atoms with Crippen LogP contribution in [0.2, 0.25) is 18.1 Å². The van der Waals surface area contributed by atoms with Gasteiger partial charge in [0.25, 0.3) is 0 Å². The Kier molecular flexibility index (Phi) is 7.28. The second-order valence-electron chi connectivity index (χ2n) is 6.03. The van der Waals surface area contributed by atoms with Crippen molar-refractivity contribution in [3.05, 3.63) is 60.2 Å². The fourth-order valence-corrected chi connectivity index (χ4v) is 5.88. The van der Waals surface area contributed by atoms with E-state index < -0.39 is 11.6 Å². The lowest BCUT2D eigenvalue weighted by atomic mass is 10.0. The molecule has 23 heavy (non-hydrogen) atoms. The van der Waals surface area contributed by atoms with Crippen LogP contribution < -0.4 is 0 Å². The van der Waals surface area contributed by atoms with Crippen LogP contribution in [0.4, 0.5) is 8.78 Å². The summed E-state index contributed by atoms with van der Waals surface area (Å²) in [6, 6.07) is 7.95. The summed E-state index contributed by atoms with van der Waals surface area (Å²) < 4.78 is 25.9. The predicted octanol–water partition coefficient (Wildman–Crippen LogP) is 5.74. The van der Waals surface area contributed by atoms with Crippen LogP contribution in [0.5, 0.6) is 0 Å². The van der Waals surface area contributed by atoms with Crippen molar-refractivity contribution in [1.82, 2.24) is 0 Å². The molecule has 0 bridgehead atoms. The molecule has 0 N–H and O–H groups in total. The van der Waals surface area contributed by atoms with E-state index in [2.05, 4.69) is 24.5 Å². The third-order valence-corrected chi connectivity index (χ3v) is 7.32. The molecule has 0 unspecified atom stereocenters. The van der Waals surface area contributed by atoms with Crippen molar-refractivity contribution in [3.8, 4) is 11.8 Å². The van der Waals surface area contributed by atoms with Gasteiger partial charge < -0.3 is 0 Å². The first-order valence-electron chi connectivity index (χ1n) is 8.26. The normalized spacial score (nSPS) is 16.3. The number of halogens is 2. The molecule has 1 heterocycles. The van der Waals surface area contributed by atoms with Crippen LogP contribution in [-0.4, -0.2) is 8.80 Å². The Hall–Kier alpha value is -1.66. The fraction of sp³-hybridized carbons (Fsp3) is 0.400. The zero-order valence-electron chi connectivity index (χ0n) is 13.5. The molecular weight excluding hydrogens is 306 g/mol. The summed E-state index contributed by atoms with van der Waals surface area (Å²) in [6.45, 7) is 3.78. The maximum atomic E-state index is 13.1. The Balaban J connectivity index is 1.76. The Morgan fingerprint density at radius 3 is 2.70 bits per heavy atom. The second kappa shape index (κ2) is 9.47. The Labute approximate surface area is 139 Å². The molecule has 0 atom stereocenters. The van der Waals surface area contributed by atoms with Crippen molar-refractivity contribution in [2.24, 2.45) is 5.92 Å². The Bertz CT molecular complexity index is 602. The number of allylic oxidation sites excluding steroid dienone is 3. The standard InChI is InChI=1S/C20H23F2Si/c1-2-3-6-13-23-14-11-17(12-15-23)7-4-5-8-18-9-10-19(21)20(22)16-18/h2,4,7,9-10,16-17H,1,3,6,11-15H2/b7-4+. The summed E-state index contributed by atoms with van der Waals surface area (Å²) in [6.07, 6.45) is 11.0. The SMILES string of the molecule is C=CCCC[Si]1CCC(/C=C/C#Cc2ccc(F)c(F)c2)CC1. The summed E-state index contributed by atoms with van der Waals surface area (Å²) in [5, 5.41) is 0. The average Bonchev–Trinajstić information content (AvgIpc) is 2.56. The monoisotopic (exact) mass is 329 g/mol. The quantitative estimate of drug-likeness (QED) is 0.279. The first-order chi connectivity index (χ1) is 11.2. The second-order valence-corrected chi connectivity index (χ2v) is 9.03. The van der Waals surface area contributed by atoms with Gasteiger partial charge in [0.05, 0.1) is 0 Å². The first-order valence-corrected chi connectivity index (χ1v) is 10.4. The van der Waals surface area contributed by atoms with E-state index in [4.69, 9.17) is 0 Å². The van der Waals surface area contributed by atoms with Crippen LogP contribution in [0.15, 0.2) is 43.0 Å². The molecule has 0 saturated carbocycles. The minimum Gasteiger partial charge on any atom is -0.204 e. The van der Waals surface area contributed by atoms with Gasteiger partial charge in [-0.1, -0.05) is 48.5 Å². The number of unbranched alkanes of at least 4 members (excludes halogenated alkanes) is 1. The molecule has 1 saturated heterocycles. The lowest BCUT2D eigenvalue weighted by Crippen LogP contribution is -2.20. The van der Waals surface area contributed by atoms with Gasteiger partial charge in [0.2, 0.25) is 0 Å². The topological polar surface area (TPSA) is 0 Å². The smallest absolute Gasteiger partial charge is 0.160 e. The van der Waals surface area contributed by atoms with Gasteiger partial charge in [0, 0.05) is 14.4 Å². The molecule has 0 spiro atoms. The van der Waals surface area contributed by atoms with Gasteiger partial charge >= 0.3 is 0 Å². The molecule has 1 aromatic rings. The zero-order chi connectivity index (χ0) is 16.5. The summed E-state index contributed by atoms with van der Waals surface area (Å²) in [5.41, 5.74) is 0.505. The maximum absolute atomic E-state index is 13.1. The molecule has 1 fully saturated rings. The van der Waals surface area contributed by atoms with Crippen LogP contribution >= 0.6 is 0 Å². The van der Waals surface area contributed by atoms with Crippen molar-refractivity contribution in [2.75, 3.05) is 0 Å². The molecule has 0 aliphatic carbocycles. The fourth-order valence-electron chi connectivity index (χ4n) is 2.87. The Morgan fingerprint density at radius 1 is 1.22 bits per heavy atom. The minimum absolute atomic E-state index is 0.129.